The summed E-state index contributed by atoms with van der Waals surface area (Å²) in [7, 11) is 0. The van der Waals surface area contributed by atoms with E-state index in [1.165, 1.54) is 12.1 Å². The molecule has 0 heterocycles. The number of phenolic OH excluding ortho intramolecular Hbond substituents is 1. The van der Waals surface area contributed by atoms with Crippen molar-refractivity contribution < 1.29 is 36.7 Å². The van der Waals surface area contributed by atoms with Crippen LogP contribution in [0.5, 0.6) is 5.75 Å². The van der Waals surface area contributed by atoms with Crippen LogP contribution in [0, 0.1) is 11.6 Å². The van der Waals surface area contributed by atoms with Gasteiger partial charge in [-0.2, -0.15) is 13.2 Å². The Bertz CT molecular complexity index is 1190. The van der Waals surface area contributed by atoms with Gasteiger partial charge in [0.1, 0.15) is 28.9 Å². The molecule has 0 aliphatic heterocycles. The highest BCUT2D eigenvalue weighted by Gasteiger charge is 2.29. The van der Waals surface area contributed by atoms with E-state index >= 15 is 0 Å². The molecule has 10 heteroatoms. The second kappa shape index (κ2) is 16.3. The normalized spacial score (nSPS) is 15.1. The number of benzene rings is 2. The molecule has 0 spiro atoms. The first-order chi connectivity index (χ1) is 20.2. The number of alkyl halides is 3. The number of rotatable bonds is 16. The van der Waals surface area contributed by atoms with E-state index in [0.29, 0.717) is 38.0 Å². The zero-order valence-corrected chi connectivity index (χ0v) is 25.9. The lowest BCUT2D eigenvalue weighted by Gasteiger charge is -2.29. The van der Waals surface area contributed by atoms with Crippen LogP contribution in [0.25, 0.3) is 11.1 Å². The summed E-state index contributed by atoms with van der Waals surface area (Å²) in [6.07, 6.45) is 1.68. The van der Waals surface area contributed by atoms with Crippen LogP contribution < -0.4 is 0 Å². The molecule has 2 aromatic carbocycles. The molecular weight excluding hydrogens is 585 g/mol. The summed E-state index contributed by atoms with van der Waals surface area (Å²) in [5.74, 6) is -1.21. The minimum absolute atomic E-state index is 0.196. The van der Waals surface area contributed by atoms with Crippen LogP contribution in [0.15, 0.2) is 36.4 Å². The molecule has 1 unspecified atom stereocenters. The van der Waals surface area contributed by atoms with Crippen molar-refractivity contribution in [2.75, 3.05) is 31.1 Å². The highest BCUT2D eigenvalue weighted by atomic mass is 32.2. The van der Waals surface area contributed by atoms with Crippen molar-refractivity contribution >= 4 is 22.3 Å². The van der Waals surface area contributed by atoms with Crippen molar-refractivity contribution in [3.63, 3.8) is 0 Å². The minimum atomic E-state index is -4.30. The number of aryl methyl sites for hydroxylation is 1. The van der Waals surface area contributed by atoms with Gasteiger partial charge < -0.3 is 19.7 Å². The van der Waals surface area contributed by atoms with Crippen molar-refractivity contribution in [3.8, 4) is 5.75 Å². The summed E-state index contributed by atoms with van der Waals surface area (Å²) in [6.45, 7) is 5.08. The Morgan fingerprint density at radius 3 is 2.23 bits per heavy atom. The fourth-order valence-corrected chi connectivity index (χ4v) is 6.89. The van der Waals surface area contributed by atoms with Gasteiger partial charge in [-0.1, -0.05) is 30.1 Å². The van der Waals surface area contributed by atoms with E-state index < -0.39 is 41.0 Å². The lowest BCUT2D eigenvalue weighted by atomic mass is 9.89. The number of hydrogen-bond acceptors (Lipinski definition) is 4. The first kappa shape index (κ1) is 35.3. The van der Waals surface area contributed by atoms with Crippen LogP contribution in [-0.4, -0.2) is 62.6 Å². The van der Waals surface area contributed by atoms with Gasteiger partial charge in [-0.15, -0.1) is 0 Å². The fraction of sp³-hybridized carbons (Fsp3) is 0.576. The van der Waals surface area contributed by atoms with E-state index in [9.17, 15) is 36.7 Å². The zero-order valence-electron chi connectivity index (χ0n) is 25.1. The third-order valence-corrected chi connectivity index (χ3v) is 8.99. The number of phenols is 1. The van der Waals surface area contributed by atoms with Gasteiger partial charge in [0.15, 0.2) is 0 Å². The largest absolute Gasteiger partial charge is 0.616 e. The van der Waals surface area contributed by atoms with Crippen LogP contribution in [0.4, 0.5) is 22.0 Å². The summed E-state index contributed by atoms with van der Waals surface area (Å²) in [5.41, 5.74) is 3.65. The molecule has 240 valence electrons. The number of allylic oxidation sites excluding steroid dienone is 2. The molecule has 0 radical (unpaired) electrons. The molecule has 3 rings (SSSR count). The first-order valence-electron chi connectivity index (χ1n) is 15.1. The highest BCUT2D eigenvalue weighted by molar-refractivity contribution is 7.91. The van der Waals surface area contributed by atoms with Crippen LogP contribution in [0.1, 0.15) is 88.3 Å². The number of fused-ring (bicyclic) bond motifs is 1. The third kappa shape index (κ3) is 12.8. The van der Waals surface area contributed by atoms with Gasteiger partial charge in [0.25, 0.3) is 0 Å². The zero-order chi connectivity index (χ0) is 31.6. The Kier molecular flexibility index (Phi) is 13.4. The smallest absolute Gasteiger partial charge is 0.393 e. The van der Waals surface area contributed by atoms with Crippen molar-refractivity contribution in [2.45, 2.75) is 89.8 Å². The molecule has 1 atom stereocenters. The molecule has 43 heavy (non-hydrogen) atoms. The van der Waals surface area contributed by atoms with Crippen molar-refractivity contribution in [3.05, 3.63) is 64.7 Å². The van der Waals surface area contributed by atoms with Crippen molar-refractivity contribution in [1.29, 1.82) is 0 Å². The van der Waals surface area contributed by atoms with Crippen molar-refractivity contribution in [2.24, 2.45) is 0 Å². The number of unbranched alkanes of at least 4 members (excludes halogenated alkanes) is 3. The standard InChI is InChI=1S/C33H44F5NO3S/c1-32(2,41)23-39(16-8-17-43(42)18-14-33(36,37)38)15-6-4-3-5-10-31-29(25-19-26(34)22-27(35)20-25)11-7-9-24-21-28(40)12-13-30(24)31/h12-13,19-22,40-41H,3-11,14-18,23H2,1-2H3. The summed E-state index contributed by atoms with van der Waals surface area (Å²) in [4.78, 5) is 2.08. The molecule has 0 saturated heterocycles. The van der Waals surface area contributed by atoms with Crippen LogP contribution in [0.3, 0.4) is 0 Å². The van der Waals surface area contributed by atoms with E-state index in [4.69, 9.17) is 0 Å². The quantitative estimate of drug-likeness (QED) is 0.112. The third-order valence-electron chi connectivity index (χ3n) is 7.58. The van der Waals surface area contributed by atoms with Gasteiger partial charge in [0.2, 0.25) is 0 Å². The number of halogens is 5. The first-order valence-corrected chi connectivity index (χ1v) is 16.6. The van der Waals surface area contributed by atoms with E-state index in [1.807, 2.05) is 6.07 Å². The van der Waals surface area contributed by atoms with Gasteiger partial charge in [-0.3, -0.25) is 0 Å². The molecule has 1 aliphatic carbocycles. The Morgan fingerprint density at radius 2 is 1.56 bits per heavy atom. The summed E-state index contributed by atoms with van der Waals surface area (Å²) >= 11 is -1.53. The van der Waals surface area contributed by atoms with E-state index in [0.717, 1.165) is 73.3 Å². The second-order valence-corrected chi connectivity index (χ2v) is 13.8. The summed E-state index contributed by atoms with van der Waals surface area (Å²) in [5, 5.41) is 20.4. The number of hydrogen-bond donors (Lipinski definition) is 2. The molecule has 4 nitrogen and oxygen atoms in total. The summed E-state index contributed by atoms with van der Waals surface area (Å²) < 4.78 is 77.5. The average Bonchev–Trinajstić information content (AvgIpc) is 3.06. The predicted octanol–water partition coefficient (Wildman–Crippen LogP) is 8.03. The highest BCUT2D eigenvalue weighted by Crippen LogP contribution is 2.40. The number of aliphatic hydroxyl groups is 1. The molecule has 0 saturated carbocycles. The second-order valence-electron chi connectivity index (χ2n) is 12.1. The molecule has 0 aromatic heterocycles. The number of nitrogens with zero attached hydrogens (tertiary/aromatic N) is 1. The Morgan fingerprint density at radius 1 is 0.884 bits per heavy atom. The molecule has 2 aromatic rings. The fourth-order valence-electron chi connectivity index (χ4n) is 5.77. The van der Waals surface area contributed by atoms with Crippen LogP contribution in [0.2, 0.25) is 0 Å². The maximum Gasteiger partial charge on any atom is 0.393 e. The van der Waals surface area contributed by atoms with E-state index in [2.05, 4.69) is 4.90 Å². The van der Waals surface area contributed by atoms with Gasteiger partial charge in [0.05, 0.1) is 12.0 Å². The molecular formula is C33H44F5NO3S. The predicted molar refractivity (Wildman–Crippen MR) is 163 cm³/mol. The molecule has 1 aliphatic rings. The van der Waals surface area contributed by atoms with Gasteiger partial charge in [0, 0.05) is 25.6 Å². The SMILES string of the molecule is CC(C)(O)CN(CCCCCCC1=C(c2cc(F)cc(F)c2)CCCc2cc(O)ccc21)CCC[S+]([O-])CCC(F)(F)F. The lowest BCUT2D eigenvalue weighted by molar-refractivity contribution is -0.129. The maximum atomic E-state index is 14.1. The van der Waals surface area contributed by atoms with Crippen molar-refractivity contribution in [1.82, 2.24) is 4.90 Å². The van der Waals surface area contributed by atoms with E-state index in [1.54, 1.807) is 26.0 Å². The monoisotopic (exact) mass is 629 g/mol. The number of aromatic hydroxyl groups is 1. The van der Waals surface area contributed by atoms with Gasteiger partial charge in [-0.25, -0.2) is 8.78 Å². The minimum Gasteiger partial charge on any atom is -0.616 e. The molecule has 0 bridgehead atoms. The molecule has 0 fully saturated rings. The summed E-state index contributed by atoms with van der Waals surface area (Å²) in [6, 6.07) is 8.96. The van der Waals surface area contributed by atoms with Gasteiger partial charge in [-0.05, 0) is 111 Å². The molecule has 2 N–H and O–H groups in total. The Balaban J connectivity index is 1.58. The van der Waals surface area contributed by atoms with E-state index in [-0.39, 0.29) is 17.3 Å². The van der Waals surface area contributed by atoms with Crippen LogP contribution >= 0.6 is 0 Å². The maximum absolute atomic E-state index is 14.1. The Labute approximate surface area is 255 Å². The topological polar surface area (TPSA) is 66.8 Å². The van der Waals surface area contributed by atoms with Crippen LogP contribution in [-0.2, 0) is 17.6 Å². The molecule has 0 amide bonds. The lowest BCUT2D eigenvalue weighted by Crippen LogP contribution is -2.40. The van der Waals surface area contributed by atoms with Gasteiger partial charge >= 0.3 is 6.18 Å². The average molecular weight is 630 g/mol. The Hall–Kier alpha value is -2.14.